The number of nitrogens with one attached hydrogen (secondary N) is 1. The lowest BCUT2D eigenvalue weighted by molar-refractivity contribution is 0.102. The Balaban J connectivity index is 1.83. The Labute approximate surface area is 139 Å². The molecule has 0 unspecified atom stereocenters. The van der Waals surface area contributed by atoms with Crippen LogP contribution in [0.3, 0.4) is 0 Å². The summed E-state index contributed by atoms with van der Waals surface area (Å²) in [6.07, 6.45) is 0. The van der Waals surface area contributed by atoms with Gasteiger partial charge >= 0.3 is 0 Å². The number of nitrogens with zero attached hydrogens (tertiary/aromatic N) is 3. The minimum atomic E-state index is -0.307. The van der Waals surface area contributed by atoms with Gasteiger partial charge < -0.3 is 15.0 Å². The van der Waals surface area contributed by atoms with Crippen LogP contribution in [0.1, 0.15) is 16.2 Å². The number of hydrogen-bond acceptors (Lipinski definition) is 5. The highest BCUT2D eigenvalue weighted by Crippen LogP contribution is 2.21. The minimum absolute atomic E-state index is 0.307. The van der Waals surface area contributed by atoms with Gasteiger partial charge in [-0.25, -0.2) is 9.97 Å². The van der Waals surface area contributed by atoms with E-state index in [0.29, 0.717) is 35.6 Å². The first-order chi connectivity index (χ1) is 11.1. The molecule has 0 atom stereocenters. The molecule has 0 aliphatic carbocycles. The van der Waals surface area contributed by atoms with Gasteiger partial charge in [-0.2, -0.15) is 0 Å². The number of carbonyl (C=O) groups excluding carboxylic acids is 1. The number of aromatic nitrogens is 2. The zero-order valence-corrected chi connectivity index (χ0v) is 13.5. The molecule has 1 aromatic carbocycles. The highest BCUT2D eigenvalue weighted by Gasteiger charge is 2.17. The molecule has 0 saturated carbocycles. The minimum Gasteiger partial charge on any atom is -0.378 e. The number of hydrogen-bond donors (Lipinski definition) is 1. The van der Waals surface area contributed by atoms with Crippen molar-refractivity contribution in [3.63, 3.8) is 0 Å². The summed E-state index contributed by atoms with van der Waals surface area (Å²) in [4.78, 5) is 23.3. The second-order valence-electron chi connectivity index (χ2n) is 5.23. The second kappa shape index (κ2) is 6.93. The van der Waals surface area contributed by atoms with E-state index in [9.17, 15) is 4.79 Å². The van der Waals surface area contributed by atoms with E-state index in [-0.39, 0.29) is 5.91 Å². The van der Waals surface area contributed by atoms with Gasteiger partial charge in [-0.1, -0.05) is 23.7 Å². The molecule has 0 bridgehead atoms. The number of halogens is 1. The van der Waals surface area contributed by atoms with Crippen molar-refractivity contribution >= 4 is 29.1 Å². The summed E-state index contributed by atoms with van der Waals surface area (Å²) in [6, 6.07) is 8.75. The number of amides is 1. The van der Waals surface area contributed by atoms with Crippen molar-refractivity contribution in [2.75, 3.05) is 36.5 Å². The van der Waals surface area contributed by atoms with Crippen LogP contribution in [0, 0.1) is 6.92 Å². The van der Waals surface area contributed by atoms with Gasteiger partial charge in [0.2, 0.25) is 5.95 Å². The highest BCUT2D eigenvalue weighted by molar-refractivity contribution is 6.33. The first kappa shape index (κ1) is 15.7. The van der Waals surface area contributed by atoms with E-state index >= 15 is 0 Å². The maximum Gasteiger partial charge on any atom is 0.274 e. The van der Waals surface area contributed by atoms with Gasteiger partial charge in [0.05, 0.1) is 23.9 Å². The number of para-hydroxylation sites is 1. The lowest BCUT2D eigenvalue weighted by Gasteiger charge is -2.27. The van der Waals surface area contributed by atoms with Crippen LogP contribution < -0.4 is 10.2 Å². The molecule has 0 radical (unpaired) electrons. The zero-order chi connectivity index (χ0) is 16.2. The summed E-state index contributed by atoms with van der Waals surface area (Å²) < 4.78 is 5.33. The average Bonchev–Trinajstić information content (AvgIpc) is 2.57. The van der Waals surface area contributed by atoms with Crippen molar-refractivity contribution in [3.05, 3.63) is 46.7 Å². The number of ether oxygens (including phenoxy) is 1. The normalized spacial score (nSPS) is 14.6. The molecule has 6 nitrogen and oxygen atoms in total. The van der Waals surface area contributed by atoms with E-state index in [1.54, 1.807) is 18.2 Å². The molecule has 2 aromatic rings. The molecule has 3 rings (SSSR count). The average molecular weight is 333 g/mol. The number of benzene rings is 1. The SMILES string of the molecule is Cc1cc(C(=O)Nc2ccccc2Cl)nc(N2CCOCC2)n1. The van der Waals surface area contributed by atoms with Crippen molar-refractivity contribution in [2.24, 2.45) is 0 Å². The fourth-order valence-corrected chi connectivity index (χ4v) is 2.51. The van der Waals surface area contributed by atoms with Crippen LogP contribution in [0.5, 0.6) is 0 Å². The molecule has 1 fully saturated rings. The van der Waals surface area contributed by atoms with Gasteiger partial charge in [0.15, 0.2) is 0 Å². The summed E-state index contributed by atoms with van der Waals surface area (Å²) in [5.41, 5.74) is 1.62. The Morgan fingerprint density at radius 3 is 2.74 bits per heavy atom. The van der Waals surface area contributed by atoms with E-state index in [1.165, 1.54) is 0 Å². The molecule has 0 spiro atoms. The van der Waals surface area contributed by atoms with Gasteiger partial charge in [-0.15, -0.1) is 0 Å². The Morgan fingerprint density at radius 1 is 1.26 bits per heavy atom. The lowest BCUT2D eigenvalue weighted by atomic mass is 10.3. The topological polar surface area (TPSA) is 67.4 Å². The molecular formula is C16H17ClN4O2. The maximum atomic E-state index is 12.5. The molecule has 1 amide bonds. The van der Waals surface area contributed by atoms with E-state index in [4.69, 9.17) is 16.3 Å². The standard InChI is InChI=1S/C16H17ClN4O2/c1-11-10-14(15(22)19-13-5-3-2-4-12(13)17)20-16(18-11)21-6-8-23-9-7-21/h2-5,10H,6-9H2,1H3,(H,19,22). The molecule has 1 aliphatic rings. The van der Waals surface area contributed by atoms with Crippen LogP contribution >= 0.6 is 11.6 Å². The molecule has 2 heterocycles. The van der Waals surface area contributed by atoms with E-state index in [2.05, 4.69) is 15.3 Å². The molecule has 23 heavy (non-hydrogen) atoms. The summed E-state index contributed by atoms with van der Waals surface area (Å²) in [5.74, 6) is 0.246. The third kappa shape index (κ3) is 3.78. The summed E-state index contributed by atoms with van der Waals surface area (Å²) in [5, 5.41) is 3.27. The first-order valence-electron chi connectivity index (χ1n) is 7.38. The molecular weight excluding hydrogens is 316 g/mol. The Hall–Kier alpha value is -2.18. The van der Waals surface area contributed by atoms with Gasteiger partial charge in [-0.05, 0) is 25.1 Å². The molecule has 1 aliphatic heterocycles. The molecule has 7 heteroatoms. The first-order valence-corrected chi connectivity index (χ1v) is 7.75. The zero-order valence-electron chi connectivity index (χ0n) is 12.8. The highest BCUT2D eigenvalue weighted by atomic mass is 35.5. The summed E-state index contributed by atoms with van der Waals surface area (Å²) in [7, 11) is 0. The van der Waals surface area contributed by atoms with E-state index < -0.39 is 0 Å². The van der Waals surface area contributed by atoms with Crippen LogP contribution in [0.2, 0.25) is 5.02 Å². The fourth-order valence-electron chi connectivity index (χ4n) is 2.32. The summed E-state index contributed by atoms with van der Waals surface area (Å²) in [6.45, 7) is 4.55. The van der Waals surface area contributed by atoms with E-state index in [0.717, 1.165) is 18.8 Å². The van der Waals surface area contributed by atoms with Crippen molar-refractivity contribution < 1.29 is 9.53 Å². The molecule has 1 N–H and O–H groups in total. The summed E-state index contributed by atoms with van der Waals surface area (Å²) >= 11 is 6.07. The maximum absolute atomic E-state index is 12.5. The van der Waals surface area contributed by atoms with Crippen LogP contribution in [0.25, 0.3) is 0 Å². The number of morpholine rings is 1. The number of anilines is 2. The van der Waals surface area contributed by atoms with Crippen LogP contribution in [0.15, 0.2) is 30.3 Å². The van der Waals surface area contributed by atoms with Crippen molar-refractivity contribution in [1.82, 2.24) is 9.97 Å². The van der Waals surface area contributed by atoms with Crippen LogP contribution in [-0.4, -0.2) is 42.2 Å². The molecule has 120 valence electrons. The number of rotatable bonds is 3. The van der Waals surface area contributed by atoms with Crippen LogP contribution in [0.4, 0.5) is 11.6 Å². The number of aryl methyl sites for hydroxylation is 1. The lowest BCUT2D eigenvalue weighted by Crippen LogP contribution is -2.37. The Bertz CT molecular complexity index is 717. The predicted molar refractivity (Wildman–Crippen MR) is 89.2 cm³/mol. The van der Waals surface area contributed by atoms with Gasteiger partial charge in [0, 0.05) is 18.8 Å². The Kier molecular flexibility index (Phi) is 4.73. The number of carbonyl (C=O) groups is 1. The third-order valence-electron chi connectivity index (χ3n) is 3.49. The van der Waals surface area contributed by atoms with E-state index in [1.807, 2.05) is 24.0 Å². The quantitative estimate of drug-likeness (QED) is 0.935. The van der Waals surface area contributed by atoms with Crippen molar-refractivity contribution in [2.45, 2.75) is 6.92 Å². The largest absolute Gasteiger partial charge is 0.378 e. The molecule has 1 saturated heterocycles. The van der Waals surface area contributed by atoms with Gasteiger partial charge in [0.25, 0.3) is 5.91 Å². The monoisotopic (exact) mass is 332 g/mol. The Morgan fingerprint density at radius 2 is 2.00 bits per heavy atom. The van der Waals surface area contributed by atoms with Gasteiger partial charge in [-0.3, -0.25) is 4.79 Å². The molecule has 1 aromatic heterocycles. The van der Waals surface area contributed by atoms with Crippen molar-refractivity contribution in [1.29, 1.82) is 0 Å². The third-order valence-corrected chi connectivity index (χ3v) is 3.82. The second-order valence-corrected chi connectivity index (χ2v) is 5.64. The van der Waals surface area contributed by atoms with Gasteiger partial charge in [0.1, 0.15) is 5.69 Å². The van der Waals surface area contributed by atoms with Crippen LogP contribution in [-0.2, 0) is 4.74 Å². The smallest absolute Gasteiger partial charge is 0.274 e. The fraction of sp³-hybridized carbons (Fsp3) is 0.312. The predicted octanol–water partition coefficient (Wildman–Crippen LogP) is 2.53. The van der Waals surface area contributed by atoms with Crippen molar-refractivity contribution in [3.8, 4) is 0 Å².